The molecule has 132 valence electrons. The Morgan fingerprint density at radius 3 is 2.35 bits per heavy atom. The third-order valence-electron chi connectivity index (χ3n) is 4.17. The van der Waals surface area contributed by atoms with Gasteiger partial charge in [0.15, 0.2) is 0 Å². The topological polar surface area (TPSA) is 38.3 Å². The molecule has 26 heavy (non-hydrogen) atoms. The molecule has 0 spiro atoms. The minimum Gasteiger partial charge on any atom is -0.494 e. The molecule has 0 radical (unpaired) electrons. The molecule has 0 aromatic heterocycles. The molecule has 3 heteroatoms. The molecule has 1 N–H and O–H groups in total. The first-order valence-corrected chi connectivity index (χ1v) is 8.86. The lowest BCUT2D eigenvalue weighted by Crippen LogP contribution is -2.14. The first-order chi connectivity index (χ1) is 12.7. The Morgan fingerprint density at radius 1 is 0.885 bits per heavy atom. The second-order valence-electron chi connectivity index (χ2n) is 6.24. The summed E-state index contributed by atoms with van der Waals surface area (Å²) in [5, 5.41) is 2.95. The first kappa shape index (κ1) is 17.7. The van der Waals surface area contributed by atoms with Gasteiger partial charge in [0.2, 0.25) is 0 Å². The number of hydrogen-bond acceptors (Lipinski definition) is 2. The molecular formula is C23H23NO2. The van der Waals surface area contributed by atoms with Crippen LogP contribution in [-0.4, -0.2) is 12.5 Å². The second-order valence-corrected chi connectivity index (χ2v) is 6.24. The third kappa shape index (κ3) is 4.96. The molecule has 0 saturated heterocycles. The van der Waals surface area contributed by atoms with Gasteiger partial charge in [-0.1, -0.05) is 54.1 Å². The van der Waals surface area contributed by atoms with Crippen molar-refractivity contribution in [1.82, 2.24) is 0 Å². The lowest BCUT2D eigenvalue weighted by molar-refractivity contribution is 0.102. The summed E-state index contributed by atoms with van der Waals surface area (Å²) in [4.78, 5) is 12.6. The van der Waals surface area contributed by atoms with E-state index in [1.807, 2.05) is 78.9 Å². The molecule has 0 bridgehead atoms. The predicted molar refractivity (Wildman–Crippen MR) is 106 cm³/mol. The lowest BCUT2D eigenvalue weighted by Gasteiger charge is -2.11. The van der Waals surface area contributed by atoms with E-state index in [0.29, 0.717) is 12.2 Å². The fourth-order valence-corrected chi connectivity index (χ4v) is 2.77. The number of para-hydroxylation sites is 1. The predicted octanol–water partition coefficient (Wildman–Crippen LogP) is 5.26. The van der Waals surface area contributed by atoms with Crippen LogP contribution < -0.4 is 10.1 Å². The SMILES string of the molecule is Cc1ccc(OCCCc2ccccc2C(=O)Nc2ccccc2)cc1. The van der Waals surface area contributed by atoms with Gasteiger partial charge in [-0.15, -0.1) is 0 Å². The number of nitrogens with one attached hydrogen (secondary N) is 1. The Labute approximate surface area is 154 Å². The molecule has 3 aromatic carbocycles. The number of benzene rings is 3. The number of anilines is 1. The van der Waals surface area contributed by atoms with Gasteiger partial charge >= 0.3 is 0 Å². The fraction of sp³-hybridized carbons (Fsp3) is 0.174. The van der Waals surface area contributed by atoms with E-state index in [1.54, 1.807) is 0 Å². The van der Waals surface area contributed by atoms with E-state index in [0.717, 1.165) is 29.8 Å². The van der Waals surface area contributed by atoms with E-state index in [-0.39, 0.29) is 5.91 Å². The molecule has 0 aliphatic rings. The molecular weight excluding hydrogens is 322 g/mol. The third-order valence-corrected chi connectivity index (χ3v) is 4.17. The summed E-state index contributed by atoms with van der Waals surface area (Å²) >= 11 is 0. The van der Waals surface area contributed by atoms with Crippen molar-refractivity contribution in [2.45, 2.75) is 19.8 Å². The smallest absolute Gasteiger partial charge is 0.255 e. The Kier molecular flexibility index (Phi) is 6.05. The van der Waals surface area contributed by atoms with Gasteiger partial charge in [0.1, 0.15) is 5.75 Å². The maximum absolute atomic E-state index is 12.6. The summed E-state index contributed by atoms with van der Waals surface area (Å²) in [5.74, 6) is 0.803. The Balaban J connectivity index is 1.56. The van der Waals surface area contributed by atoms with Gasteiger partial charge in [-0.05, 0) is 55.7 Å². The number of hydrogen-bond donors (Lipinski definition) is 1. The maximum atomic E-state index is 12.6. The van der Waals surface area contributed by atoms with Gasteiger partial charge in [0.05, 0.1) is 6.61 Å². The first-order valence-electron chi connectivity index (χ1n) is 8.86. The van der Waals surface area contributed by atoms with Crippen molar-refractivity contribution in [2.75, 3.05) is 11.9 Å². The normalized spacial score (nSPS) is 10.3. The summed E-state index contributed by atoms with van der Waals surface area (Å²) in [7, 11) is 0. The molecule has 3 rings (SSSR count). The van der Waals surface area contributed by atoms with E-state index in [4.69, 9.17) is 4.74 Å². The van der Waals surface area contributed by atoms with Crippen molar-refractivity contribution in [3.8, 4) is 5.75 Å². The van der Waals surface area contributed by atoms with Crippen molar-refractivity contribution < 1.29 is 9.53 Å². The van der Waals surface area contributed by atoms with Crippen LogP contribution >= 0.6 is 0 Å². The van der Waals surface area contributed by atoms with Crippen LogP contribution in [0, 0.1) is 6.92 Å². The van der Waals surface area contributed by atoms with Crippen LogP contribution in [0.3, 0.4) is 0 Å². The summed E-state index contributed by atoms with van der Waals surface area (Å²) in [6, 6.07) is 25.3. The van der Waals surface area contributed by atoms with Gasteiger partial charge in [0.25, 0.3) is 5.91 Å². The zero-order chi connectivity index (χ0) is 18.2. The van der Waals surface area contributed by atoms with Crippen molar-refractivity contribution in [3.63, 3.8) is 0 Å². The minimum atomic E-state index is -0.0775. The molecule has 0 atom stereocenters. The van der Waals surface area contributed by atoms with Crippen LogP contribution in [0.15, 0.2) is 78.9 Å². The molecule has 0 aliphatic carbocycles. The molecule has 1 amide bonds. The number of ether oxygens (including phenoxy) is 1. The highest BCUT2D eigenvalue weighted by Crippen LogP contribution is 2.16. The number of carbonyl (C=O) groups excluding carboxylic acids is 1. The molecule has 0 heterocycles. The molecule has 3 aromatic rings. The van der Waals surface area contributed by atoms with Crippen molar-refractivity contribution in [1.29, 1.82) is 0 Å². The van der Waals surface area contributed by atoms with Crippen molar-refractivity contribution in [3.05, 3.63) is 95.6 Å². The van der Waals surface area contributed by atoms with E-state index >= 15 is 0 Å². The van der Waals surface area contributed by atoms with Gasteiger partial charge in [-0.25, -0.2) is 0 Å². The largest absolute Gasteiger partial charge is 0.494 e. The Hall–Kier alpha value is -3.07. The lowest BCUT2D eigenvalue weighted by atomic mass is 10.0. The monoisotopic (exact) mass is 345 g/mol. The number of amides is 1. The summed E-state index contributed by atoms with van der Waals surface area (Å²) in [5.41, 5.74) is 3.77. The van der Waals surface area contributed by atoms with Crippen LogP contribution in [-0.2, 0) is 6.42 Å². The molecule has 0 unspecified atom stereocenters. The van der Waals surface area contributed by atoms with Crippen LogP contribution in [0.2, 0.25) is 0 Å². The molecule has 0 fully saturated rings. The summed E-state index contributed by atoms with van der Waals surface area (Å²) in [6.07, 6.45) is 1.65. The maximum Gasteiger partial charge on any atom is 0.255 e. The second kappa shape index (κ2) is 8.86. The van der Waals surface area contributed by atoms with Crippen molar-refractivity contribution >= 4 is 11.6 Å². The Morgan fingerprint density at radius 2 is 1.58 bits per heavy atom. The average molecular weight is 345 g/mol. The molecule has 0 saturated carbocycles. The molecule has 0 aliphatic heterocycles. The minimum absolute atomic E-state index is 0.0775. The molecule has 3 nitrogen and oxygen atoms in total. The zero-order valence-electron chi connectivity index (χ0n) is 14.9. The average Bonchev–Trinajstić information content (AvgIpc) is 2.68. The van der Waals surface area contributed by atoms with Crippen LogP contribution in [0.25, 0.3) is 0 Å². The summed E-state index contributed by atoms with van der Waals surface area (Å²) < 4.78 is 5.78. The van der Waals surface area contributed by atoms with Gasteiger partial charge in [-0.3, -0.25) is 4.79 Å². The van der Waals surface area contributed by atoms with Crippen LogP contribution in [0.1, 0.15) is 27.9 Å². The standard InChI is InChI=1S/C23H23NO2/c1-18-13-15-21(16-14-18)26-17-7-9-19-8-5-6-12-22(19)23(25)24-20-10-3-2-4-11-20/h2-6,8,10-16H,7,9,17H2,1H3,(H,24,25). The Bertz CT molecular complexity index is 842. The van der Waals surface area contributed by atoms with Crippen LogP contribution in [0.4, 0.5) is 5.69 Å². The number of rotatable bonds is 7. The fourth-order valence-electron chi connectivity index (χ4n) is 2.77. The zero-order valence-corrected chi connectivity index (χ0v) is 14.9. The van der Waals surface area contributed by atoms with E-state index in [9.17, 15) is 4.79 Å². The van der Waals surface area contributed by atoms with E-state index in [2.05, 4.69) is 12.2 Å². The van der Waals surface area contributed by atoms with Crippen molar-refractivity contribution in [2.24, 2.45) is 0 Å². The highest BCUT2D eigenvalue weighted by Gasteiger charge is 2.11. The highest BCUT2D eigenvalue weighted by atomic mass is 16.5. The quantitative estimate of drug-likeness (QED) is 0.593. The van der Waals surface area contributed by atoms with Gasteiger partial charge in [0, 0.05) is 11.3 Å². The summed E-state index contributed by atoms with van der Waals surface area (Å²) in [6.45, 7) is 2.68. The van der Waals surface area contributed by atoms with E-state index < -0.39 is 0 Å². The highest BCUT2D eigenvalue weighted by molar-refractivity contribution is 6.05. The number of aryl methyl sites for hydroxylation is 2. The number of carbonyl (C=O) groups is 1. The van der Waals surface area contributed by atoms with E-state index in [1.165, 1.54) is 5.56 Å². The van der Waals surface area contributed by atoms with Gasteiger partial charge in [-0.2, -0.15) is 0 Å². The van der Waals surface area contributed by atoms with Gasteiger partial charge < -0.3 is 10.1 Å². The van der Waals surface area contributed by atoms with Crippen LogP contribution in [0.5, 0.6) is 5.75 Å².